The standard InChI is InChI=1S/C10H17NO/c1-2-3-4-5-6-7-8-9-10(11)12/h6-9H,2-5H2,1H3,(H2,11,12)/b7-6-,9-8+. The van der Waals surface area contributed by atoms with Crippen LogP contribution in [0.5, 0.6) is 0 Å². The normalized spacial score (nSPS) is 11.4. The molecule has 0 bridgehead atoms. The highest BCUT2D eigenvalue weighted by atomic mass is 16.1. The van der Waals surface area contributed by atoms with Crippen LogP contribution in [-0.2, 0) is 4.79 Å². The van der Waals surface area contributed by atoms with Crippen molar-refractivity contribution in [1.82, 2.24) is 0 Å². The molecule has 0 saturated carbocycles. The van der Waals surface area contributed by atoms with Crippen LogP contribution >= 0.6 is 0 Å². The molecule has 0 spiro atoms. The smallest absolute Gasteiger partial charge is 0.241 e. The summed E-state index contributed by atoms with van der Waals surface area (Å²) >= 11 is 0. The average molecular weight is 167 g/mol. The van der Waals surface area contributed by atoms with E-state index in [1.807, 2.05) is 6.08 Å². The Morgan fingerprint density at radius 2 is 2.08 bits per heavy atom. The SMILES string of the molecule is CCCCC/C=C\C=C\C(N)=O. The van der Waals surface area contributed by atoms with Gasteiger partial charge in [0.25, 0.3) is 0 Å². The number of carbonyl (C=O) groups is 1. The topological polar surface area (TPSA) is 43.1 Å². The minimum atomic E-state index is -0.395. The van der Waals surface area contributed by atoms with Crippen molar-refractivity contribution in [2.24, 2.45) is 5.73 Å². The number of hydrogen-bond acceptors (Lipinski definition) is 1. The van der Waals surface area contributed by atoms with Gasteiger partial charge in [-0.2, -0.15) is 0 Å². The van der Waals surface area contributed by atoms with Crippen molar-refractivity contribution in [3.63, 3.8) is 0 Å². The molecule has 1 amide bonds. The first-order chi connectivity index (χ1) is 5.77. The molecule has 0 unspecified atom stereocenters. The van der Waals surface area contributed by atoms with Crippen LogP contribution in [-0.4, -0.2) is 5.91 Å². The molecular formula is C10H17NO. The number of unbranched alkanes of at least 4 members (excludes halogenated alkanes) is 3. The van der Waals surface area contributed by atoms with Crippen LogP contribution in [0.15, 0.2) is 24.3 Å². The lowest BCUT2D eigenvalue weighted by Gasteiger charge is -1.89. The van der Waals surface area contributed by atoms with Gasteiger partial charge in [0.1, 0.15) is 0 Å². The third kappa shape index (κ3) is 8.95. The lowest BCUT2D eigenvalue weighted by Crippen LogP contribution is -2.04. The Morgan fingerprint density at radius 3 is 2.67 bits per heavy atom. The molecule has 12 heavy (non-hydrogen) atoms. The van der Waals surface area contributed by atoms with Crippen LogP contribution in [0.1, 0.15) is 32.6 Å². The molecule has 68 valence electrons. The third-order valence-electron chi connectivity index (χ3n) is 1.48. The Hall–Kier alpha value is -1.05. The lowest BCUT2D eigenvalue weighted by molar-refractivity contribution is -0.113. The van der Waals surface area contributed by atoms with Crippen molar-refractivity contribution in [2.75, 3.05) is 0 Å². The quantitative estimate of drug-likeness (QED) is 0.367. The van der Waals surface area contributed by atoms with E-state index in [-0.39, 0.29) is 0 Å². The molecule has 2 N–H and O–H groups in total. The van der Waals surface area contributed by atoms with Gasteiger partial charge in [0.05, 0.1) is 0 Å². The van der Waals surface area contributed by atoms with E-state index in [9.17, 15) is 4.79 Å². The van der Waals surface area contributed by atoms with E-state index < -0.39 is 5.91 Å². The van der Waals surface area contributed by atoms with E-state index in [1.165, 1.54) is 25.3 Å². The molecule has 0 radical (unpaired) electrons. The van der Waals surface area contributed by atoms with E-state index in [1.54, 1.807) is 6.08 Å². The fourth-order valence-electron chi connectivity index (χ4n) is 0.837. The number of allylic oxidation sites excluding steroid dienone is 3. The molecule has 0 aliphatic rings. The first-order valence-electron chi connectivity index (χ1n) is 4.40. The molecule has 0 aliphatic heterocycles. The average Bonchev–Trinajstić information content (AvgIpc) is 2.02. The van der Waals surface area contributed by atoms with Crippen LogP contribution in [0, 0.1) is 0 Å². The summed E-state index contributed by atoms with van der Waals surface area (Å²) in [5, 5.41) is 0. The van der Waals surface area contributed by atoms with E-state index in [0.717, 1.165) is 6.42 Å². The molecule has 0 aromatic carbocycles. The highest BCUT2D eigenvalue weighted by Gasteiger charge is 1.80. The van der Waals surface area contributed by atoms with Crippen LogP contribution in [0.25, 0.3) is 0 Å². The highest BCUT2D eigenvalue weighted by Crippen LogP contribution is 1.99. The Balaban J connectivity index is 3.31. The summed E-state index contributed by atoms with van der Waals surface area (Å²) in [5.41, 5.74) is 4.90. The largest absolute Gasteiger partial charge is 0.366 e. The second-order valence-corrected chi connectivity index (χ2v) is 2.69. The number of primary amides is 1. The minimum absolute atomic E-state index is 0.395. The van der Waals surface area contributed by atoms with Gasteiger partial charge in [-0.05, 0) is 12.8 Å². The molecule has 0 aliphatic carbocycles. The summed E-state index contributed by atoms with van der Waals surface area (Å²) in [6.45, 7) is 2.18. The van der Waals surface area contributed by atoms with Crippen LogP contribution in [0.2, 0.25) is 0 Å². The molecule has 2 nitrogen and oxygen atoms in total. The fraction of sp³-hybridized carbons (Fsp3) is 0.500. The van der Waals surface area contributed by atoms with Crippen LogP contribution in [0.4, 0.5) is 0 Å². The van der Waals surface area contributed by atoms with Gasteiger partial charge < -0.3 is 5.73 Å². The van der Waals surface area contributed by atoms with E-state index >= 15 is 0 Å². The maximum atomic E-state index is 10.2. The van der Waals surface area contributed by atoms with E-state index in [4.69, 9.17) is 5.73 Å². The number of amides is 1. The Morgan fingerprint density at radius 1 is 1.33 bits per heavy atom. The van der Waals surface area contributed by atoms with Crippen molar-refractivity contribution in [1.29, 1.82) is 0 Å². The zero-order chi connectivity index (χ0) is 9.23. The number of hydrogen-bond donors (Lipinski definition) is 1. The summed E-state index contributed by atoms with van der Waals surface area (Å²) in [7, 11) is 0. The first kappa shape index (κ1) is 11.0. The monoisotopic (exact) mass is 167 g/mol. The molecule has 2 heteroatoms. The van der Waals surface area contributed by atoms with Gasteiger partial charge in [0.15, 0.2) is 0 Å². The van der Waals surface area contributed by atoms with Crippen molar-refractivity contribution in [3.05, 3.63) is 24.3 Å². The molecule has 0 fully saturated rings. The maximum Gasteiger partial charge on any atom is 0.241 e. The number of carbonyl (C=O) groups excluding carboxylic acids is 1. The van der Waals surface area contributed by atoms with E-state index in [0.29, 0.717) is 0 Å². The predicted molar refractivity (Wildman–Crippen MR) is 51.6 cm³/mol. The number of nitrogens with two attached hydrogens (primary N) is 1. The maximum absolute atomic E-state index is 10.2. The van der Waals surface area contributed by atoms with Crippen molar-refractivity contribution in [2.45, 2.75) is 32.6 Å². The molecule has 0 atom stereocenters. The summed E-state index contributed by atoms with van der Waals surface area (Å²) in [5.74, 6) is -0.395. The van der Waals surface area contributed by atoms with Gasteiger partial charge in [-0.15, -0.1) is 0 Å². The summed E-state index contributed by atoms with van der Waals surface area (Å²) in [6, 6.07) is 0. The number of rotatable bonds is 6. The van der Waals surface area contributed by atoms with Crippen molar-refractivity contribution in [3.8, 4) is 0 Å². The molecule has 0 saturated heterocycles. The van der Waals surface area contributed by atoms with Crippen LogP contribution < -0.4 is 5.73 Å². The summed E-state index contributed by atoms with van der Waals surface area (Å²) < 4.78 is 0. The molecular weight excluding hydrogens is 150 g/mol. The van der Waals surface area contributed by atoms with Gasteiger partial charge >= 0.3 is 0 Å². The van der Waals surface area contributed by atoms with Gasteiger partial charge in [-0.25, -0.2) is 0 Å². The molecule has 0 rings (SSSR count). The minimum Gasteiger partial charge on any atom is -0.366 e. The van der Waals surface area contributed by atoms with Crippen LogP contribution in [0.3, 0.4) is 0 Å². The first-order valence-corrected chi connectivity index (χ1v) is 4.40. The molecule has 0 heterocycles. The zero-order valence-corrected chi connectivity index (χ0v) is 7.62. The van der Waals surface area contributed by atoms with Crippen molar-refractivity contribution >= 4 is 5.91 Å². The Bertz CT molecular complexity index is 171. The van der Waals surface area contributed by atoms with Gasteiger partial charge in [0.2, 0.25) is 5.91 Å². The highest BCUT2D eigenvalue weighted by molar-refractivity contribution is 5.85. The molecule has 0 aromatic heterocycles. The fourth-order valence-corrected chi connectivity index (χ4v) is 0.837. The third-order valence-corrected chi connectivity index (χ3v) is 1.48. The molecule has 0 aromatic rings. The Kier molecular flexibility index (Phi) is 7.35. The summed E-state index contributed by atoms with van der Waals surface area (Å²) in [4.78, 5) is 10.2. The van der Waals surface area contributed by atoms with Gasteiger partial charge in [0, 0.05) is 6.08 Å². The zero-order valence-electron chi connectivity index (χ0n) is 7.62. The Labute approximate surface area is 74.1 Å². The predicted octanol–water partition coefficient (Wildman–Crippen LogP) is 2.16. The van der Waals surface area contributed by atoms with E-state index in [2.05, 4.69) is 13.0 Å². The van der Waals surface area contributed by atoms with Gasteiger partial charge in [-0.3, -0.25) is 4.79 Å². The lowest BCUT2D eigenvalue weighted by atomic mass is 10.2. The van der Waals surface area contributed by atoms with Gasteiger partial charge in [-0.1, -0.05) is 38.0 Å². The second-order valence-electron chi connectivity index (χ2n) is 2.69. The second kappa shape index (κ2) is 8.05. The van der Waals surface area contributed by atoms with Crippen molar-refractivity contribution < 1.29 is 4.79 Å². The summed E-state index contributed by atoms with van der Waals surface area (Å²) in [6.07, 6.45) is 11.8.